The fourth-order valence-electron chi connectivity index (χ4n) is 5.08. The summed E-state index contributed by atoms with van der Waals surface area (Å²) in [7, 11) is 0. The molecule has 0 radical (unpaired) electrons. The molecule has 4 rings (SSSR count). The zero-order valence-electron chi connectivity index (χ0n) is 16.7. The molecule has 0 bridgehead atoms. The van der Waals surface area contributed by atoms with E-state index in [4.69, 9.17) is 4.42 Å². The maximum Gasteiger partial charge on any atom is 0.243 e. The fraction of sp³-hybridized carbons (Fsp3) is 0.682. The van der Waals surface area contributed by atoms with E-state index in [1.807, 2.05) is 24.0 Å². The van der Waals surface area contributed by atoms with Gasteiger partial charge in [-0.15, -0.1) is 0 Å². The third-order valence-electron chi connectivity index (χ3n) is 6.66. The molecule has 0 unspecified atom stereocenters. The quantitative estimate of drug-likeness (QED) is 0.743. The number of aryl methyl sites for hydroxylation is 1. The number of amides is 3. The minimum absolute atomic E-state index is 0.106. The van der Waals surface area contributed by atoms with E-state index in [2.05, 4.69) is 0 Å². The van der Waals surface area contributed by atoms with Gasteiger partial charge in [-0.3, -0.25) is 19.3 Å². The molecule has 3 heterocycles. The molecule has 3 aliphatic rings. The Morgan fingerprint density at radius 1 is 1.00 bits per heavy atom. The van der Waals surface area contributed by atoms with E-state index >= 15 is 0 Å². The van der Waals surface area contributed by atoms with E-state index in [1.54, 1.807) is 0 Å². The molecule has 2 aliphatic heterocycles. The number of imide groups is 1. The zero-order chi connectivity index (χ0) is 19.7. The van der Waals surface area contributed by atoms with Gasteiger partial charge in [0.25, 0.3) is 0 Å². The smallest absolute Gasteiger partial charge is 0.243 e. The van der Waals surface area contributed by atoms with Crippen LogP contribution in [0.1, 0.15) is 75.9 Å². The number of rotatable bonds is 4. The summed E-state index contributed by atoms with van der Waals surface area (Å²) in [5, 5.41) is 0. The largest absolute Gasteiger partial charge is 0.464 e. The lowest BCUT2D eigenvalue weighted by atomic mass is 9.81. The molecule has 3 atom stereocenters. The van der Waals surface area contributed by atoms with Crippen molar-refractivity contribution in [1.29, 1.82) is 0 Å². The molecular formula is C22H30N2O4. The summed E-state index contributed by atoms with van der Waals surface area (Å²) in [4.78, 5) is 41.8. The van der Waals surface area contributed by atoms with E-state index < -0.39 is 0 Å². The summed E-state index contributed by atoms with van der Waals surface area (Å²) in [6.45, 7) is 2.57. The summed E-state index contributed by atoms with van der Waals surface area (Å²) in [5.74, 6) is 0.917. The predicted molar refractivity (Wildman–Crippen MR) is 103 cm³/mol. The van der Waals surface area contributed by atoms with Gasteiger partial charge < -0.3 is 9.32 Å². The van der Waals surface area contributed by atoms with Gasteiger partial charge >= 0.3 is 0 Å². The van der Waals surface area contributed by atoms with Crippen molar-refractivity contribution < 1.29 is 18.8 Å². The van der Waals surface area contributed by atoms with Gasteiger partial charge in [0.2, 0.25) is 17.7 Å². The number of furan rings is 1. The van der Waals surface area contributed by atoms with Crippen LogP contribution < -0.4 is 0 Å². The molecule has 28 heavy (non-hydrogen) atoms. The normalized spacial score (nSPS) is 28.4. The van der Waals surface area contributed by atoms with Crippen LogP contribution in [0.25, 0.3) is 0 Å². The highest BCUT2D eigenvalue weighted by Crippen LogP contribution is 2.38. The Kier molecular flexibility index (Phi) is 5.56. The Morgan fingerprint density at radius 3 is 2.32 bits per heavy atom. The van der Waals surface area contributed by atoms with Gasteiger partial charge in [0, 0.05) is 13.0 Å². The molecular weight excluding hydrogens is 356 g/mol. The molecule has 6 heteroatoms. The van der Waals surface area contributed by atoms with Crippen molar-refractivity contribution in [2.45, 2.75) is 70.8 Å². The molecule has 1 aromatic rings. The number of carbonyl (C=O) groups is 3. The minimum Gasteiger partial charge on any atom is -0.464 e. The van der Waals surface area contributed by atoms with Crippen LogP contribution in [0.2, 0.25) is 0 Å². The SMILES string of the molecule is CCc1ccc([C@@H]2CCCCCN2C(=O)CN2C(=O)[C@H]3CCCC[C@H]3C2=O)o1. The van der Waals surface area contributed by atoms with Crippen molar-refractivity contribution in [2.24, 2.45) is 11.8 Å². The Labute approximate surface area is 166 Å². The number of nitrogens with zero attached hydrogens (tertiary/aromatic N) is 2. The Hall–Kier alpha value is -2.11. The maximum atomic E-state index is 13.2. The molecule has 1 aliphatic carbocycles. The number of carbonyl (C=O) groups excluding carboxylic acids is 3. The lowest BCUT2D eigenvalue weighted by Crippen LogP contribution is -2.44. The zero-order valence-corrected chi connectivity index (χ0v) is 16.7. The predicted octanol–water partition coefficient (Wildman–Crippen LogP) is 3.46. The van der Waals surface area contributed by atoms with Crippen molar-refractivity contribution in [1.82, 2.24) is 9.80 Å². The third-order valence-corrected chi connectivity index (χ3v) is 6.66. The molecule has 1 aromatic heterocycles. The maximum absolute atomic E-state index is 13.2. The average Bonchev–Trinajstić information content (AvgIpc) is 3.17. The van der Waals surface area contributed by atoms with E-state index in [0.29, 0.717) is 6.54 Å². The highest BCUT2D eigenvalue weighted by molar-refractivity contribution is 6.07. The Morgan fingerprint density at radius 2 is 1.68 bits per heavy atom. The van der Waals surface area contributed by atoms with Crippen molar-refractivity contribution >= 4 is 17.7 Å². The van der Waals surface area contributed by atoms with Crippen LogP contribution in [0, 0.1) is 11.8 Å². The van der Waals surface area contributed by atoms with Crippen LogP contribution in [0.5, 0.6) is 0 Å². The van der Waals surface area contributed by atoms with Gasteiger partial charge in [-0.25, -0.2) is 0 Å². The van der Waals surface area contributed by atoms with E-state index in [9.17, 15) is 14.4 Å². The Balaban J connectivity index is 1.51. The molecule has 3 amide bonds. The molecule has 3 fully saturated rings. The first kappa shape index (κ1) is 19.2. The summed E-state index contributed by atoms with van der Waals surface area (Å²) in [6.07, 6.45) is 8.28. The summed E-state index contributed by atoms with van der Waals surface area (Å²) in [5.41, 5.74) is 0. The van der Waals surface area contributed by atoms with Crippen LogP contribution in [0.4, 0.5) is 0 Å². The number of likely N-dealkylation sites (tertiary alicyclic amines) is 2. The van der Waals surface area contributed by atoms with Gasteiger partial charge in [0.15, 0.2) is 0 Å². The second kappa shape index (κ2) is 8.10. The number of hydrogen-bond donors (Lipinski definition) is 0. The molecule has 0 aromatic carbocycles. The van der Waals surface area contributed by atoms with Crippen LogP contribution in [0.3, 0.4) is 0 Å². The van der Waals surface area contributed by atoms with Crippen molar-refractivity contribution in [2.75, 3.05) is 13.1 Å². The lowest BCUT2D eigenvalue weighted by Gasteiger charge is -2.30. The van der Waals surface area contributed by atoms with Crippen LogP contribution >= 0.6 is 0 Å². The number of hydrogen-bond acceptors (Lipinski definition) is 4. The first-order chi connectivity index (χ1) is 13.6. The van der Waals surface area contributed by atoms with E-state index in [-0.39, 0.29) is 42.1 Å². The van der Waals surface area contributed by atoms with Crippen molar-refractivity contribution in [3.8, 4) is 0 Å². The number of fused-ring (bicyclic) bond motifs is 1. The highest BCUT2D eigenvalue weighted by atomic mass is 16.3. The van der Waals surface area contributed by atoms with Crippen molar-refractivity contribution in [3.05, 3.63) is 23.7 Å². The fourth-order valence-corrected chi connectivity index (χ4v) is 5.08. The lowest BCUT2D eigenvalue weighted by molar-refractivity contribution is -0.147. The van der Waals surface area contributed by atoms with Crippen molar-refractivity contribution in [3.63, 3.8) is 0 Å². The van der Waals surface area contributed by atoms with Crippen LogP contribution in [-0.4, -0.2) is 40.6 Å². The molecule has 1 saturated carbocycles. The first-order valence-corrected chi connectivity index (χ1v) is 10.8. The van der Waals surface area contributed by atoms with E-state index in [1.165, 1.54) is 4.90 Å². The molecule has 152 valence electrons. The second-order valence-electron chi connectivity index (χ2n) is 8.37. The molecule has 0 spiro atoms. The van der Waals surface area contributed by atoms with E-state index in [0.717, 1.165) is 69.3 Å². The summed E-state index contributed by atoms with van der Waals surface area (Å²) in [6, 6.07) is 3.84. The topological polar surface area (TPSA) is 70.8 Å². The van der Waals surface area contributed by atoms with Gasteiger partial charge in [-0.2, -0.15) is 0 Å². The minimum atomic E-state index is -0.203. The summed E-state index contributed by atoms with van der Waals surface area (Å²) < 4.78 is 5.96. The van der Waals surface area contributed by atoms with Gasteiger partial charge in [0.1, 0.15) is 18.1 Å². The molecule has 6 nitrogen and oxygen atoms in total. The van der Waals surface area contributed by atoms with Gasteiger partial charge in [-0.1, -0.05) is 32.6 Å². The highest BCUT2D eigenvalue weighted by Gasteiger charge is 2.49. The van der Waals surface area contributed by atoms with Gasteiger partial charge in [0.05, 0.1) is 17.9 Å². The second-order valence-corrected chi connectivity index (χ2v) is 8.37. The standard InChI is InChI=1S/C22H30N2O4/c1-2-15-11-12-19(28-15)18-10-4-3-7-13-23(18)20(25)14-24-21(26)16-8-5-6-9-17(16)22(24)27/h11-12,16-18H,2-10,13-14H2,1H3/t16-,17+,18-/m0/s1. The first-order valence-electron chi connectivity index (χ1n) is 10.8. The summed E-state index contributed by atoms with van der Waals surface area (Å²) >= 11 is 0. The van der Waals surface area contributed by atoms with Crippen LogP contribution in [-0.2, 0) is 20.8 Å². The van der Waals surface area contributed by atoms with Gasteiger partial charge in [-0.05, 0) is 37.8 Å². The molecule has 2 saturated heterocycles. The monoisotopic (exact) mass is 386 g/mol. The third kappa shape index (κ3) is 3.49. The Bertz CT molecular complexity index is 731. The average molecular weight is 386 g/mol. The molecule has 0 N–H and O–H groups in total. The van der Waals surface area contributed by atoms with Crippen LogP contribution in [0.15, 0.2) is 16.5 Å².